The van der Waals surface area contributed by atoms with E-state index in [4.69, 9.17) is 4.78 Å². The van der Waals surface area contributed by atoms with Gasteiger partial charge in [-0.2, -0.15) is 0 Å². The summed E-state index contributed by atoms with van der Waals surface area (Å²) in [5.41, 5.74) is -0.290. The maximum atomic E-state index is 12.5. The molecular formula is C12H10N2O3S. The summed E-state index contributed by atoms with van der Waals surface area (Å²) in [7, 11) is -3.36. The third kappa shape index (κ3) is 2.10. The number of nitro benzene ring substituents is 1. The fraction of sp³-hybridized carbons (Fsp3) is 0. The van der Waals surface area contributed by atoms with Crippen LogP contribution >= 0.6 is 0 Å². The van der Waals surface area contributed by atoms with Crippen LogP contribution in [0.25, 0.3) is 0 Å². The molecule has 0 aromatic heterocycles. The third-order valence-electron chi connectivity index (χ3n) is 2.45. The van der Waals surface area contributed by atoms with Gasteiger partial charge in [0, 0.05) is 6.07 Å². The lowest BCUT2D eigenvalue weighted by Gasteiger charge is -2.07. The summed E-state index contributed by atoms with van der Waals surface area (Å²) >= 11 is 0. The summed E-state index contributed by atoms with van der Waals surface area (Å²) in [4.78, 5) is 10.5. The average Bonchev–Trinajstić information content (AvgIpc) is 2.39. The van der Waals surface area contributed by atoms with Crippen LogP contribution in [0.4, 0.5) is 5.69 Å². The maximum Gasteiger partial charge on any atom is 0.286 e. The van der Waals surface area contributed by atoms with Crippen molar-refractivity contribution >= 4 is 15.4 Å². The van der Waals surface area contributed by atoms with Crippen molar-refractivity contribution in [2.45, 2.75) is 9.79 Å². The zero-order chi connectivity index (χ0) is 13.2. The van der Waals surface area contributed by atoms with Crippen LogP contribution in [0, 0.1) is 14.9 Å². The molecule has 1 N–H and O–H groups in total. The van der Waals surface area contributed by atoms with Crippen LogP contribution in [0.1, 0.15) is 0 Å². The number of benzene rings is 2. The number of hydrogen-bond donors (Lipinski definition) is 1. The Hall–Kier alpha value is -2.21. The van der Waals surface area contributed by atoms with Crippen molar-refractivity contribution in [1.29, 1.82) is 4.78 Å². The number of nitro groups is 1. The van der Waals surface area contributed by atoms with Crippen LogP contribution in [-0.4, -0.2) is 9.13 Å². The Morgan fingerprint density at radius 2 is 1.56 bits per heavy atom. The first-order valence-corrected chi connectivity index (χ1v) is 6.66. The lowest BCUT2D eigenvalue weighted by Crippen LogP contribution is -2.03. The molecule has 92 valence electrons. The Balaban J connectivity index is 2.66. The number of para-hydroxylation sites is 1. The molecule has 0 amide bonds. The van der Waals surface area contributed by atoms with Crippen LogP contribution < -0.4 is 0 Å². The Kier molecular flexibility index (Phi) is 3.12. The summed E-state index contributed by atoms with van der Waals surface area (Å²) in [6.45, 7) is 0. The summed E-state index contributed by atoms with van der Waals surface area (Å²) in [6, 6.07) is 13.8. The van der Waals surface area contributed by atoms with E-state index in [1.165, 1.54) is 30.3 Å². The highest BCUT2D eigenvalue weighted by Gasteiger charge is 2.23. The summed E-state index contributed by atoms with van der Waals surface area (Å²) in [5.74, 6) is 0. The standard InChI is InChI=1S/C12H10N2O3S/c13-18(17,10-6-2-1-3-7-10)12-9-5-4-8-11(12)14(15)16/h1-9,13H. The van der Waals surface area contributed by atoms with Crippen molar-refractivity contribution in [3.63, 3.8) is 0 Å². The van der Waals surface area contributed by atoms with E-state index in [-0.39, 0.29) is 15.5 Å². The van der Waals surface area contributed by atoms with Gasteiger partial charge in [-0.3, -0.25) is 10.1 Å². The van der Waals surface area contributed by atoms with Gasteiger partial charge >= 0.3 is 0 Å². The van der Waals surface area contributed by atoms with E-state index in [0.29, 0.717) is 0 Å². The van der Waals surface area contributed by atoms with Gasteiger partial charge in [-0.1, -0.05) is 30.3 Å². The molecule has 0 spiro atoms. The predicted octanol–water partition coefficient (Wildman–Crippen LogP) is 3.06. The minimum Gasteiger partial charge on any atom is -0.258 e. The number of hydrogen-bond acceptors (Lipinski definition) is 4. The minimum atomic E-state index is -3.36. The molecule has 0 bridgehead atoms. The molecule has 1 unspecified atom stereocenters. The van der Waals surface area contributed by atoms with Crippen molar-refractivity contribution < 1.29 is 9.13 Å². The monoisotopic (exact) mass is 262 g/mol. The van der Waals surface area contributed by atoms with E-state index in [2.05, 4.69) is 0 Å². The highest BCUT2D eigenvalue weighted by Crippen LogP contribution is 2.29. The van der Waals surface area contributed by atoms with Crippen LogP contribution in [0.2, 0.25) is 0 Å². The molecule has 0 heterocycles. The minimum absolute atomic E-state index is 0.0683. The molecule has 0 radical (unpaired) electrons. The largest absolute Gasteiger partial charge is 0.286 e. The molecule has 0 aliphatic carbocycles. The Morgan fingerprint density at radius 1 is 1.00 bits per heavy atom. The highest BCUT2D eigenvalue weighted by atomic mass is 32.2. The SMILES string of the molecule is N=S(=O)(c1ccccc1)c1ccccc1[N+](=O)[O-]. The molecule has 0 aliphatic heterocycles. The van der Waals surface area contributed by atoms with Crippen LogP contribution in [0.5, 0.6) is 0 Å². The fourth-order valence-electron chi connectivity index (χ4n) is 1.59. The number of rotatable bonds is 3. The molecule has 0 saturated heterocycles. The normalized spacial score (nSPS) is 13.8. The smallest absolute Gasteiger partial charge is 0.258 e. The molecule has 5 nitrogen and oxygen atoms in total. The molecule has 1 atom stereocenters. The highest BCUT2D eigenvalue weighted by molar-refractivity contribution is 7.92. The quantitative estimate of drug-likeness (QED) is 0.681. The third-order valence-corrected chi connectivity index (χ3v) is 4.35. The zero-order valence-electron chi connectivity index (χ0n) is 9.28. The number of nitrogens with one attached hydrogen (secondary N) is 1. The maximum absolute atomic E-state index is 12.5. The Labute approximate surface area is 104 Å². The van der Waals surface area contributed by atoms with E-state index in [1.54, 1.807) is 24.3 Å². The van der Waals surface area contributed by atoms with Gasteiger partial charge in [0.15, 0.2) is 0 Å². The lowest BCUT2D eigenvalue weighted by atomic mass is 10.3. The first-order chi connectivity index (χ1) is 8.53. The molecule has 0 saturated carbocycles. The lowest BCUT2D eigenvalue weighted by molar-refractivity contribution is -0.387. The molecule has 18 heavy (non-hydrogen) atoms. The van der Waals surface area contributed by atoms with E-state index < -0.39 is 14.7 Å². The zero-order valence-corrected chi connectivity index (χ0v) is 10.1. The average molecular weight is 262 g/mol. The molecule has 2 aromatic carbocycles. The van der Waals surface area contributed by atoms with Crippen LogP contribution in [0.15, 0.2) is 64.4 Å². The van der Waals surface area contributed by atoms with Gasteiger partial charge < -0.3 is 0 Å². The van der Waals surface area contributed by atoms with Gasteiger partial charge in [-0.15, -0.1) is 0 Å². The van der Waals surface area contributed by atoms with Crippen molar-refractivity contribution in [3.8, 4) is 0 Å². The van der Waals surface area contributed by atoms with Crippen LogP contribution in [0.3, 0.4) is 0 Å². The summed E-state index contributed by atoms with van der Waals surface area (Å²) in [6.07, 6.45) is 0. The number of nitrogens with zero attached hydrogens (tertiary/aromatic N) is 1. The molecule has 0 aliphatic rings. The second-order valence-electron chi connectivity index (χ2n) is 3.59. The topological polar surface area (TPSA) is 84.1 Å². The Morgan fingerprint density at radius 3 is 2.17 bits per heavy atom. The van der Waals surface area contributed by atoms with E-state index in [1.807, 2.05) is 0 Å². The molecule has 0 fully saturated rings. The Bertz CT molecular complexity index is 681. The first-order valence-electron chi connectivity index (χ1n) is 5.11. The van der Waals surface area contributed by atoms with Crippen molar-refractivity contribution in [2.75, 3.05) is 0 Å². The van der Waals surface area contributed by atoms with E-state index in [9.17, 15) is 14.3 Å². The van der Waals surface area contributed by atoms with E-state index in [0.717, 1.165) is 0 Å². The van der Waals surface area contributed by atoms with E-state index >= 15 is 0 Å². The molecular weight excluding hydrogens is 252 g/mol. The van der Waals surface area contributed by atoms with Crippen molar-refractivity contribution in [1.82, 2.24) is 0 Å². The molecule has 2 rings (SSSR count). The summed E-state index contributed by atoms with van der Waals surface area (Å²) < 4.78 is 20.4. The molecule has 6 heteroatoms. The van der Waals surface area contributed by atoms with Crippen molar-refractivity contribution in [3.05, 3.63) is 64.7 Å². The van der Waals surface area contributed by atoms with Gasteiger partial charge in [0.1, 0.15) is 14.6 Å². The van der Waals surface area contributed by atoms with Gasteiger partial charge in [-0.25, -0.2) is 8.99 Å². The second-order valence-corrected chi connectivity index (χ2v) is 5.62. The van der Waals surface area contributed by atoms with Gasteiger partial charge in [0.25, 0.3) is 5.69 Å². The fourth-order valence-corrected chi connectivity index (χ4v) is 3.09. The first kappa shape index (κ1) is 12.3. The van der Waals surface area contributed by atoms with Crippen LogP contribution in [-0.2, 0) is 9.73 Å². The summed E-state index contributed by atoms with van der Waals surface area (Å²) in [5, 5.41) is 10.9. The van der Waals surface area contributed by atoms with Gasteiger partial charge in [0.2, 0.25) is 0 Å². The molecule has 2 aromatic rings. The second kappa shape index (κ2) is 4.58. The van der Waals surface area contributed by atoms with Crippen molar-refractivity contribution in [2.24, 2.45) is 0 Å². The van der Waals surface area contributed by atoms with Gasteiger partial charge in [-0.05, 0) is 18.2 Å². The predicted molar refractivity (Wildman–Crippen MR) is 66.9 cm³/mol. The van der Waals surface area contributed by atoms with Gasteiger partial charge in [0.05, 0.1) is 9.82 Å².